The Morgan fingerprint density at radius 3 is 2.08 bits per heavy atom. The second-order valence-corrected chi connectivity index (χ2v) is 5.06. The van der Waals surface area contributed by atoms with Crippen LogP contribution in [0.2, 0.25) is 0 Å². The van der Waals surface area contributed by atoms with Gasteiger partial charge in [0, 0.05) is 5.69 Å². The molecule has 4 nitrogen and oxygen atoms in total. The Balaban J connectivity index is 2.42. The number of halogens is 9. The molecule has 13 heteroatoms. The lowest BCUT2D eigenvalue weighted by Crippen LogP contribution is -2.63. The molecule has 0 aromatic carbocycles. The van der Waals surface area contributed by atoms with E-state index in [1.165, 1.54) is 24.4 Å². The number of carbonyl (C=O) groups excluding carboxylic acids is 1. The molecule has 2 heterocycles. The normalized spacial score (nSPS) is 27.1. The standard InChI is InChI=1S/C12H7F9N2O2/c1-5-3-2-4-6(22-5)23-7(24)8(13,14)11(19)9(15,16)10(17,18)12(20,21)25-11/h2-4H,1H3,(H,22,23,24)/t11-/m0/s1. The zero-order valence-electron chi connectivity index (χ0n) is 11.9. The molecule has 1 aliphatic rings. The maximum Gasteiger partial charge on any atom is 0.428 e. The number of amides is 1. The van der Waals surface area contributed by atoms with E-state index in [0.29, 0.717) is 0 Å². The van der Waals surface area contributed by atoms with Crippen LogP contribution in [0, 0.1) is 6.92 Å². The van der Waals surface area contributed by atoms with Crippen LogP contribution in [-0.4, -0.2) is 40.6 Å². The van der Waals surface area contributed by atoms with Gasteiger partial charge >= 0.3 is 35.6 Å². The summed E-state index contributed by atoms with van der Waals surface area (Å²) < 4.78 is 122. The van der Waals surface area contributed by atoms with E-state index in [0.717, 1.165) is 6.07 Å². The molecular formula is C12H7F9N2O2. The Hall–Kier alpha value is -2.05. The Morgan fingerprint density at radius 2 is 1.64 bits per heavy atom. The van der Waals surface area contributed by atoms with Gasteiger partial charge in [-0.05, 0) is 19.1 Å². The molecule has 1 saturated heterocycles. The van der Waals surface area contributed by atoms with E-state index in [9.17, 15) is 44.3 Å². The summed E-state index contributed by atoms with van der Waals surface area (Å²) in [4.78, 5) is 14.9. The van der Waals surface area contributed by atoms with Crippen LogP contribution in [-0.2, 0) is 9.53 Å². The van der Waals surface area contributed by atoms with Gasteiger partial charge in [0.25, 0.3) is 0 Å². The highest BCUT2D eigenvalue weighted by Crippen LogP contribution is 2.64. The molecular weight excluding hydrogens is 375 g/mol. The van der Waals surface area contributed by atoms with E-state index in [1.54, 1.807) is 0 Å². The van der Waals surface area contributed by atoms with Gasteiger partial charge in [0.15, 0.2) is 0 Å². The number of alkyl halides is 9. The minimum absolute atomic E-state index is 0.150. The van der Waals surface area contributed by atoms with Crippen molar-refractivity contribution in [1.82, 2.24) is 4.98 Å². The second kappa shape index (κ2) is 5.22. The lowest BCUT2D eigenvalue weighted by Gasteiger charge is -2.31. The van der Waals surface area contributed by atoms with Crippen molar-refractivity contribution in [1.29, 1.82) is 0 Å². The van der Waals surface area contributed by atoms with E-state index < -0.39 is 41.5 Å². The van der Waals surface area contributed by atoms with Gasteiger partial charge in [-0.25, -0.2) is 4.98 Å². The Bertz CT molecular complexity index is 710. The number of pyridine rings is 1. The zero-order valence-corrected chi connectivity index (χ0v) is 11.9. The Morgan fingerprint density at radius 1 is 1.08 bits per heavy atom. The maximum absolute atomic E-state index is 13.9. The van der Waals surface area contributed by atoms with Crippen LogP contribution >= 0.6 is 0 Å². The van der Waals surface area contributed by atoms with Crippen molar-refractivity contribution in [2.24, 2.45) is 0 Å². The predicted octanol–water partition coefficient (Wildman–Crippen LogP) is 3.52. The lowest BCUT2D eigenvalue weighted by atomic mass is 9.99. The van der Waals surface area contributed by atoms with Crippen molar-refractivity contribution in [2.75, 3.05) is 5.32 Å². The number of nitrogens with zero attached hydrogens (tertiary/aromatic N) is 1. The number of aromatic nitrogens is 1. The molecule has 1 fully saturated rings. The lowest BCUT2D eigenvalue weighted by molar-refractivity contribution is -0.366. The molecule has 1 N–H and O–H groups in total. The van der Waals surface area contributed by atoms with Crippen molar-refractivity contribution >= 4 is 11.7 Å². The molecule has 0 radical (unpaired) electrons. The summed E-state index contributed by atoms with van der Waals surface area (Å²) in [5, 5.41) is 1.17. The second-order valence-electron chi connectivity index (χ2n) is 5.06. The van der Waals surface area contributed by atoms with Crippen LogP contribution in [0.25, 0.3) is 0 Å². The van der Waals surface area contributed by atoms with Crippen LogP contribution in [0.5, 0.6) is 0 Å². The Kier molecular flexibility index (Phi) is 4.03. The van der Waals surface area contributed by atoms with E-state index >= 15 is 0 Å². The number of hydrogen-bond donors (Lipinski definition) is 1. The van der Waals surface area contributed by atoms with Crippen LogP contribution in [0.15, 0.2) is 18.2 Å². The number of hydrogen-bond acceptors (Lipinski definition) is 3. The fourth-order valence-corrected chi connectivity index (χ4v) is 1.90. The van der Waals surface area contributed by atoms with E-state index in [-0.39, 0.29) is 5.69 Å². The molecule has 0 aliphatic carbocycles. The van der Waals surface area contributed by atoms with Crippen LogP contribution in [0.4, 0.5) is 45.3 Å². The van der Waals surface area contributed by atoms with E-state index in [2.05, 4.69) is 9.72 Å². The van der Waals surface area contributed by atoms with Crippen molar-refractivity contribution in [3.8, 4) is 0 Å². The summed E-state index contributed by atoms with van der Waals surface area (Å²) in [6, 6.07) is 3.38. The smallest absolute Gasteiger partial charge is 0.305 e. The van der Waals surface area contributed by atoms with Gasteiger partial charge in [-0.2, -0.15) is 39.5 Å². The molecule has 0 spiro atoms. The summed E-state index contributed by atoms with van der Waals surface area (Å²) in [7, 11) is 0. The van der Waals surface area contributed by atoms with Crippen LogP contribution in [0.3, 0.4) is 0 Å². The topological polar surface area (TPSA) is 51.2 Å². The largest absolute Gasteiger partial charge is 0.428 e. The van der Waals surface area contributed by atoms with E-state index in [4.69, 9.17) is 0 Å². The first-order valence-electron chi connectivity index (χ1n) is 6.25. The van der Waals surface area contributed by atoms with Gasteiger partial charge in [0.2, 0.25) is 0 Å². The average Bonchev–Trinajstić information content (AvgIpc) is 2.54. The van der Waals surface area contributed by atoms with Gasteiger partial charge in [-0.15, -0.1) is 0 Å². The highest BCUT2D eigenvalue weighted by molar-refractivity contribution is 5.96. The maximum atomic E-state index is 13.9. The monoisotopic (exact) mass is 382 g/mol. The number of aryl methyl sites for hydroxylation is 1. The predicted molar refractivity (Wildman–Crippen MR) is 62.3 cm³/mol. The first-order chi connectivity index (χ1) is 11.1. The Labute approximate surface area is 133 Å². The summed E-state index contributed by atoms with van der Waals surface area (Å²) in [6.07, 6.45) is -6.28. The number of ether oxygens (including phenoxy) is 1. The molecule has 140 valence electrons. The fourth-order valence-electron chi connectivity index (χ4n) is 1.90. The average molecular weight is 382 g/mol. The first kappa shape index (κ1) is 19.3. The zero-order chi connectivity index (χ0) is 19.5. The van der Waals surface area contributed by atoms with Gasteiger partial charge in [-0.3, -0.25) is 9.53 Å². The molecule has 1 aromatic rings. The first-order valence-corrected chi connectivity index (χ1v) is 6.25. The van der Waals surface area contributed by atoms with Crippen molar-refractivity contribution < 1.29 is 49.0 Å². The number of anilines is 1. The van der Waals surface area contributed by atoms with Gasteiger partial charge in [-0.1, -0.05) is 6.07 Å². The molecule has 1 aromatic heterocycles. The number of rotatable bonds is 3. The summed E-state index contributed by atoms with van der Waals surface area (Å²) in [6.45, 7) is 1.33. The van der Waals surface area contributed by atoms with Gasteiger partial charge in [0.05, 0.1) is 0 Å². The third-order valence-electron chi connectivity index (χ3n) is 3.25. The highest BCUT2D eigenvalue weighted by atomic mass is 19.4. The molecule has 0 saturated carbocycles. The molecule has 2 rings (SSSR count). The minimum atomic E-state index is -6.72. The molecule has 1 atom stereocenters. The van der Waals surface area contributed by atoms with Gasteiger partial charge in [0.1, 0.15) is 5.82 Å². The van der Waals surface area contributed by atoms with Crippen molar-refractivity contribution in [2.45, 2.75) is 36.7 Å². The summed E-state index contributed by atoms with van der Waals surface area (Å²) >= 11 is 0. The molecule has 25 heavy (non-hydrogen) atoms. The van der Waals surface area contributed by atoms with Gasteiger partial charge < -0.3 is 5.32 Å². The third-order valence-corrected chi connectivity index (χ3v) is 3.25. The number of nitrogens with one attached hydrogen (secondary N) is 1. The van der Waals surface area contributed by atoms with Crippen molar-refractivity contribution in [3.05, 3.63) is 23.9 Å². The SMILES string of the molecule is Cc1cccc(NC(=O)C(F)(F)[C@]2(F)OC(F)(F)C(F)(F)C2(F)F)n1. The summed E-state index contributed by atoms with van der Waals surface area (Å²) in [5.74, 6) is -29.4. The molecule has 0 unspecified atom stereocenters. The third kappa shape index (κ3) is 2.43. The summed E-state index contributed by atoms with van der Waals surface area (Å²) in [5.41, 5.74) is 0.150. The minimum Gasteiger partial charge on any atom is -0.305 e. The van der Waals surface area contributed by atoms with Crippen LogP contribution in [0.1, 0.15) is 5.69 Å². The van der Waals surface area contributed by atoms with E-state index in [1.807, 2.05) is 0 Å². The number of carbonyl (C=O) groups is 1. The molecule has 0 bridgehead atoms. The van der Waals surface area contributed by atoms with Crippen LogP contribution < -0.4 is 5.32 Å². The quantitative estimate of drug-likeness (QED) is 0.814. The molecule has 1 amide bonds. The highest BCUT2D eigenvalue weighted by Gasteiger charge is 2.96. The van der Waals surface area contributed by atoms with Crippen molar-refractivity contribution in [3.63, 3.8) is 0 Å². The molecule has 1 aliphatic heterocycles. The fraction of sp³-hybridized carbons (Fsp3) is 0.500.